The Kier molecular flexibility index (Phi) is 3.17. The molecule has 0 bridgehead atoms. The third-order valence-corrected chi connectivity index (χ3v) is 1.69. The van der Waals surface area contributed by atoms with Gasteiger partial charge in [-0.3, -0.25) is 4.79 Å². The Morgan fingerprint density at radius 2 is 1.81 bits per heavy atom. The molecule has 0 aromatic heterocycles. The number of carboxylic acids is 1. The summed E-state index contributed by atoms with van der Waals surface area (Å²) in [5.41, 5.74) is -2.14. The standard InChI is InChI=1S/C9H6F3NO3/c1-3(14)13-8-5(10)2-4(9(15)16)6(11)7(8)12/h2H,1H3,(H,13,14)(H,15,16). The van der Waals surface area contributed by atoms with Crippen molar-refractivity contribution in [3.63, 3.8) is 0 Å². The summed E-state index contributed by atoms with van der Waals surface area (Å²) in [7, 11) is 0. The molecule has 0 saturated carbocycles. The van der Waals surface area contributed by atoms with Crippen LogP contribution in [0.5, 0.6) is 0 Å². The molecular weight excluding hydrogens is 227 g/mol. The zero-order chi connectivity index (χ0) is 12.5. The number of hydrogen-bond acceptors (Lipinski definition) is 2. The van der Waals surface area contributed by atoms with Gasteiger partial charge in [-0.2, -0.15) is 0 Å². The Balaban J connectivity index is 3.39. The van der Waals surface area contributed by atoms with Gasteiger partial charge in [0.25, 0.3) is 0 Å². The Morgan fingerprint density at radius 1 is 1.25 bits per heavy atom. The van der Waals surface area contributed by atoms with Crippen molar-refractivity contribution in [2.24, 2.45) is 0 Å². The average molecular weight is 233 g/mol. The summed E-state index contributed by atoms with van der Waals surface area (Å²) >= 11 is 0. The lowest BCUT2D eigenvalue weighted by molar-refractivity contribution is -0.114. The summed E-state index contributed by atoms with van der Waals surface area (Å²) in [6.07, 6.45) is 0. The summed E-state index contributed by atoms with van der Waals surface area (Å²) in [6, 6.07) is 0.298. The minimum atomic E-state index is -1.80. The SMILES string of the molecule is CC(=O)Nc1c(F)cc(C(=O)O)c(F)c1F. The van der Waals surface area contributed by atoms with E-state index < -0.39 is 40.6 Å². The molecule has 0 saturated heterocycles. The van der Waals surface area contributed by atoms with Gasteiger partial charge in [0.15, 0.2) is 17.5 Å². The summed E-state index contributed by atoms with van der Waals surface area (Å²) in [5, 5.41) is 10.2. The highest BCUT2D eigenvalue weighted by molar-refractivity contribution is 5.92. The van der Waals surface area contributed by atoms with Crippen LogP contribution < -0.4 is 5.32 Å². The van der Waals surface area contributed by atoms with Crippen LogP contribution >= 0.6 is 0 Å². The van der Waals surface area contributed by atoms with Crippen LogP contribution in [0.4, 0.5) is 18.9 Å². The first-order chi connectivity index (χ1) is 7.34. The molecule has 7 heteroatoms. The molecule has 1 aromatic rings. The van der Waals surface area contributed by atoms with Gasteiger partial charge in [0.1, 0.15) is 11.3 Å². The summed E-state index contributed by atoms with van der Waals surface area (Å²) in [6.45, 7) is 0.974. The first-order valence-corrected chi connectivity index (χ1v) is 4.03. The maximum Gasteiger partial charge on any atom is 0.338 e. The van der Waals surface area contributed by atoms with Crippen molar-refractivity contribution in [1.29, 1.82) is 0 Å². The maximum absolute atomic E-state index is 13.2. The lowest BCUT2D eigenvalue weighted by Crippen LogP contribution is -2.13. The van der Waals surface area contributed by atoms with E-state index in [1.807, 2.05) is 0 Å². The Morgan fingerprint density at radius 3 is 2.25 bits per heavy atom. The molecule has 0 atom stereocenters. The zero-order valence-electron chi connectivity index (χ0n) is 7.97. The van der Waals surface area contributed by atoms with Gasteiger partial charge in [-0.05, 0) is 6.07 Å². The highest BCUT2D eigenvalue weighted by Crippen LogP contribution is 2.24. The number of anilines is 1. The minimum Gasteiger partial charge on any atom is -0.478 e. The number of amides is 1. The minimum absolute atomic E-state index is 0.298. The molecule has 0 radical (unpaired) electrons. The van der Waals surface area contributed by atoms with Gasteiger partial charge < -0.3 is 10.4 Å². The molecule has 86 valence electrons. The Hall–Kier alpha value is -2.05. The number of nitrogens with one attached hydrogen (secondary N) is 1. The second-order valence-corrected chi connectivity index (χ2v) is 2.90. The van der Waals surface area contributed by atoms with Crippen LogP contribution in [-0.2, 0) is 4.79 Å². The number of halogens is 3. The second kappa shape index (κ2) is 4.21. The van der Waals surface area contributed by atoms with Crippen LogP contribution in [0.15, 0.2) is 6.07 Å². The second-order valence-electron chi connectivity index (χ2n) is 2.90. The number of carbonyl (C=O) groups excluding carboxylic acids is 1. The van der Waals surface area contributed by atoms with E-state index in [0.29, 0.717) is 6.07 Å². The Labute approximate surface area is 87.7 Å². The highest BCUT2D eigenvalue weighted by Gasteiger charge is 2.22. The van der Waals surface area contributed by atoms with E-state index in [9.17, 15) is 22.8 Å². The van der Waals surface area contributed by atoms with E-state index in [1.54, 1.807) is 5.32 Å². The zero-order valence-corrected chi connectivity index (χ0v) is 7.97. The summed E-state index contributed by atoms with van der Waals surface area (Å²) < 4.78 is 39.3. The van der Waals surface area contributed by atoms with Crippen molar-refractivity contribution in [2.75, 3.05) is 5.32 Å². The fourth-order valence-corrected chi connectivity index (χ4v) is 1.04. The fraction of sp³-hybridized carbons (Fsp3) is 0.111. The first kappa shape index (κ1) is 12.0. The lowest BCUT2D eigenvalue weighted by atomic mass is 10.1. The first-order valence-electron chi connectivity index (χ1n) is 4.03. The molecule has 0 fully saturated rings. The predicted octanol–water partition coefficient (Wildman–Crippen LogP) is 1.76. The number of benzene rings is 1. The van der Waals surface area contributed by atoms with Crippen molar-refractivity contribution in [3.8, 4) is 0 Å². The van der Waals surface area contributed by atoms with Crippen molar-refractivity contribution >= 4 is 17.6 Å². The van der Waals surface area contributed by atoms with Gasteiger partial charge in [0, 0.05) is 6.92 Å². The molecule has 1 rings (SSSR count). The van der Waals surface area contributed by atoms with Crippen LogP contribution in [0.2, 0.25) is 0 Å². The summed E-state index contributed by atoms with van der Waals surface area (Å²) in [5.74, 6) is -7.43. The van der Waals surface area contributed by atoms with Crippen LogP contribution in [0.3, 0.4) is 0 Å². The van der Waals surface area contributed by atoms with Crippen LogP contribution in [0, 0.1) is 17.5 Å². The third-order valence-electron chi connectivity index (χ3n) is 1.69. The molecule has 0 heterocycles. The molecule has 2 N–H and O–H groups in total. The van der Waals surface area contributed by atoms with Gasteiger partial charge in [0.05, 0.1) is 0 Å². The molecule has 0 aliphatic carbocycles. The molecular formula is C9H6F3NO3. The van der Waals surface area contributed by atoms with Crippen LogP contribution in [0.25, 0.3) is 0 Å². The van der Waals surface area contributed by atoms with Crippen LogP contribution in [-0.4, -0.2) is 17.0 Å². The number of carboxylic acid groups (broad SMARTS) is 1. The molecule has 1 amide bonds. The monoisotopic (exact) mass is 233 g/mol. The van der Waals surface area contributed by atoms with E-state index in [1.165, 1.54) is 0 Å². The van der Waals surface area contributed by atoms with Gasteiger partial charge in [0.2, 0.25) is 5.91 Å². The van der Waals surface area contributed by atoms with Gasteiger partial charge >= 0.3 is 5.97 Å². The predicted molar refractivity (Wildman–Crippen MR) is 47.6 cm³/mol. The molecule has 0 unspecified atom stereocenters. The third kappa shape index (κ3) is 2.13. The lowest BCUT2D eigenvalue weighted by Gasteiger charge is -2.07. The number of carbonyl (C=O) groups is 2. The quantitative estimate of drug-likeness (QED) is 0.765. The molecule has 4 nitrogen and oxygen atoms in total. The Bertz CT molecular complexity index is 474. The maximum atomic E-state index is 13.2. The van der Waals surface area contributed by atoms with Gasteiger partial charge in [-0.15, -0.1) is 0 Å². The van der Waals surface area contributed by atoms with E-state index in [0.717, 1.165) is 6.92 Å². The van der Waals surface area contributed by atoms with E-state index in [4.69, 9.17) is 5.11 Å². The smallest absolute Gasteiger partial charge is 0.338 e. The van der Waals surface area contributed by atoms with Gasteiger partial charge in [-0.25, -0.2) is 18.0 Å². The molecule has 16 heavy (non-hydrogen) atoms. The van der Waals surface area contributed by atoms with E-state index in [2.05, 4.69) is 0 Å². The number of aromatic carboxylic acids is 1. The van der Waals surface area contributed by atoms with Gasteiger partial charge in [-0.1, -0.05) is 0 Å². The number of rotatable bonds is 2. The molecule has 0 aliphatic heterocycles. The molecule has 0 spiro atoms. The topological polar surface area (TPSA) is 66.4 Å². The fourth-order valence-electron chi connectivity index (χ4n) is 1.04. The largest absolute Gasteiger partial charge is 0.478 e. The van der Waals surface area contributed by atoms with E-state index in [-0.39, 0.29) is 0 Å². The van der Waals surface area contributed by atoms with E-state index >= 15 is 0 Å². The van der Waals surface area contributed by atoms with Crippen LogP contribution in [0.1, 0.15) is 17.3 Å². The number of hydrogen-bond donors (Lipinski definition) is 2. The van der Waals surface area contributed by atoms with Crippen molar-refractivity contribution in [1.82, 2.24) is 0 Å². The van der Waals surface area contributed by atoms with Crippen molar-refractivity contribution in [2.45, 2.75) is 6.92 Å². The molecule has 0 aliphatic rings. The van der Waals surface area contributed by atoms with Crippen molar-refractivity contribution in [3.05, 3.63) is 29.1 Å². The molecule has 1 aromatic carbocycles. The highest BCUT2D eigenvalue weighted by atomic mass is 19.2. The summed E-state index contributed by atoms with van der Waals surface area (Å²) in [4.78, 5) is 21.0. The normalized spacial score (nSPS) is 10.0. The average Bonchev–Trinajstić information content (AvgIpc) is 2.17. The van der Waals surface area contributed by atoms with Crippen molar-refractivity contribution < 1.29 is 27.9 Å².